The summed E-state index contributed by atoms with van der Waals surface area (Å²) in [5, 5.41) is 0. The van der Waals surface area contributed by atoms with Crippen molar-refractivity contribution in [2.75, 3.05) is 18.1 Å². The number of fused-ring (bicyclic) bond motifs is 1. The number of nitrogens with zero attached hydrogens (tertiary/aromatic N) is 1. The molecule has 110 valence electrons. The molecule has 0 aliphatic carbocycles. The minimum atomic E-state index is -3.59. The lowest BCUT2D eigenvalue weighted by Gasteiger charge is -2.29. The number of hydrogen-bond acceptors (Lipinski definition) is 4. The van der Waals surface area contributed by atoms with Crippen LogP contribution >= 0.6 is 0 Å². The van der Waals surface area contributed by atoms with E-state index in [1.165, 1.54) is 24.0 Å². The minimum absolute atomic E-state index is 0.127. The van der Waals surface area contributed by atoms with E-state index < -0.39 is 10.0 Å². The molecule has 1 aromatic rings. The Morgan fingerprint density at radius 3 is 2.70 bits per heavy atom. The zero-order chi connectivity index (χ0) is 14.9. The second-order valence-corrected chi connectivity index (χ2v) is 6.64. The van der Waals surface area contributed by atoms with Crippen LogP contribution in [-0.4, -0.2) is 33.5 Å². The molecule has 0 radical (unpaired) electrons. The summed E-state index contributed by atoms with van der Waals surface area (Å²) >= 11 is 0. The summed E-state index contributed by atoms with van der Waals surface area (Å²) in [6.07, 6.45) is 0. The summed E-state index contributed by atoms with van der Waals surface area (Å²) in [6.45, 7) is 5.77. The van der Waals surface area contributed by atoms with Crippen LogP contribution in [0.25, 0.3) is 0 Å². The summed E-state index contributed by atoms with van der Waals surface area (Å²) in [4.78, 5) is 13.3. The largest absolute Gasteiger partial charge is 0.490 e. The first-order chi connectivity index (χ1) is 9.31. The van der Waals surface area contributed by atoms with Crippen LogP contribution in [0.3, 0.4) is 0 Å². The van der Waals surface area contributed by atoms with Crippen LogP contribution in [0.1, 0.15) is 20.8 Å². The second-order valence-electron chi connectivity index (χ2n) is 4.92. The van der Waals surface area contributed by atoms with E-state index in [9.17, 15) is 13.2 Å². The number of benzene rings is 1. The van der Waals surface area contributed by atoms with E-state index in [1.807, 2.05) is 0 Å². The van der Waals surface area contributed by atoms with Gasteiger partial charge in [-0.3, -0.25) is 4.79 Å². The molecule has 0 aromatic heterocycles. The Morgan fingerprint density at radius 1 is 1.40 bits per heavy atom. The van der Waals surface area contributed by atoms with Crippen molar-refractivity contribution in [3.8, 4) is 5.75 Å². The number of rotatable bonds is 3. The first-order valence-corrected chi connectivity index (χ1v) is 7.87. The third-order valence-corrected chi connectivity index (χ3v) is 4.53. The molecule has 1 aliphatic heterocycles. The summed E-state index contributed by atoms with van der Waals surface area (Å²) in [6, 6.07) is 4.34. The number of sulfonamides is 1. The lowest BCUT2D eigenvalue weighted by atomic mass is 10.2. The standard InChI is InChI=1S/C13H18N2O4S/c1-9(2)14-20(17,18)11-4-5-13-12(8-11)15(10(3)16)6-7-19-13/h4-5,8-9,14H,6-7H2,1-3H3. The summed E-state index contributed by atoms with van der Waals surface area (Å²) in [5.74, 6) is 0.385. The van der Waals surface area contributed by atoms with Gasteiger partial charge in [-0.15, -0.1) is 0 Å². The molecule has 6 nitrogen and oxygen atoms in total. The molecule has 7 heteroatoms. The maximum atomic E-state index is 12.1. The van der Waals surface area contributed by atoms with Crippen LogP contribution in [0, 0.1) is 0 Å². The third kappa shape index (κ3) is 2.94. The molecule has 0 saturated carbocycles. The molecule has 0 saturated heterocycles. The highest BCUT2D eigenvalue weighted by molar-refractivity contribution is 7.89. The van der Waals surface area contributed by atoms with Crippen molar-refractivity contribution < 1.29 is 17.9 Å². The van der Waals surface area contributed by atoms with Gasteiger partial charge in [-0.05, 0) is 32.0 Å². The molecule has 20 heavy (non-hydrogen) atoms. The van der Waals surface area contributed by atoms with Gasteiger partial charge in [0.2, 0.25) is 15.9 Å². The Labute approximate surface area is 118 Å². The Morgan fingerprint density at radius 2 is 2.10 bits per heavy atom. The van der Waals surface area contributed by atoms with E-state index >= 15 is 0 Å². The maximum Gasteiger partial charge on any atom is 0.240 e. The molecule has 0 fully saturated rings. The van der Waals surface area contributed by atoms with Crippen LogP contribution in [0.15, 0.2) is 23.1 Å². The molecule has 1 aromatic carbocycles. The van der Waals surface area contributed by atoms with Crippen molar-refractivity contribution in [3.63, 3.8) is 0 Å². The van der Waals surface area contributed by atoms with E-state index in [0.717, 1.165) is 0 Å². The van der Waals surface area contributed by atoms with E-state index in [4.69, 9.17) is 4.74 Å². The van der Waals surface area contributed by atoms with Gasteiger partial charge in [0.05, 0.1) is 17.1 Å². The molecule has 1 aliphatic rings. The van der Waals surface area contributed by atoms with Crippen LogP contribution in [0.5, 0.6) is 5.75 Å². The summed E-state index contributed by atoms with van der Waals surface area (Å²) in [5.41, 5.74) is 0.496. The highest BCUT2D eigenvalue weighted by Gasteiger charge is 2.24. The second kappa shape index (κ2) is 5.41. The number of anilines is 1. The van der Waals surface area contributed by atoms with Crippen molar-refractivity contribution in [2.45, 2.75) is 31.7 Å². The van der Waals surface area contributed by atoms with Crippen LogP contribution in [-0.2, 0) is 14.8 Å². The number of ether oxygens (including phenoxy) is 1. The van der Waals surface area contributed by atoms with Gasteiger partial charge in [-0.25, -0.2) is 13.1 Å². The molecule has 1 N–H and O–H groups in total. The molecular formula is C13H18N2O4S. The first kappa shape index (κ1) is 14.8. The van der Waals surface area contributed by atoms with Gasteiger partial charge in [-0.2, -0.15) is 0 Å². The first-order valence-electron chi connectivity index (χ1n) is 6.38. The van der Waals surface area contributed by atoms with Crippen molar-refractivity contribution in [1.29, 1.82) is 0 Å². The Balaban J connectivity index is 2.45. The topological polar surface area (TPSA) is 75.7 Å². The smallest absolute Gasteiger partial charge is 0.240 e. The molecule has 0 bridgehead atoms. The van der Waals surface area contributed by atoms with E-state index in [-0.39, 0.29) is 16.8 Å². The van der Waals surface area contributed by atoms with Crippen molar-refractivity contribution in [1.82, 2.24) is 4.72 Å². The highest BCUT2D eigenvalue weighted by atomic mass is 32.2. The Bertz CT molecular complexity index is 625. The monoisotopic (exact) mass is 298 g/mol. The molecule has 1 amide bonds. The van der Waals surface area contributed by atoms with Crippen molar-refractivity contribution >= 4 is 21.6 Å². The molecular weight excluding hydrogens is 280 g/mol. The minimum Gasteiger partial charge on any atom is -0.490 e. The predicted octanol–water partition coefficient (Wildman–Crippen LogP) is 1.12. The zero-order valence-corrected chi connectivity index (χ0v) is 12.5. The summed E-state index contributed by atoms with van der Waals surface area (Å²) in [7, 11) is -3.59. The molecule has 0 spiro atoms. The number of carbonyl (C=O) groups is 1. The number of hydrogen-bond donors (Lipinski definition) is 1. The van der Waals surface area contributed by atoms with Gasteiger partial charge in [0.25, 0.3) is 0 Å². The molecule has 0 unspecified atom stereocenters. The van der Waals surface area contributed by atoms with Gasteiger partial charge in [0.15, 0.2) is 0 Å². The molecule has 0 atom stereocenters. The lowest BCUT2D eigenvalue weighted by Crippen LogP contribution is -2.36. The number of nitrogens with one attached hydrogen (secondary N) is 1. The van der Waals surface area contributed by atoms with E-state index in [2.05, 4.69) is 4.72 Å². The predicted molar refractivity (Wildman–Crippen MR) is 75.4 cm³/mol. The fourth-order valence-electron chi connectivity index (χ4n) is 2.07. The van der Waals surface area contributed by atoms with Gasteiger partial charge < -0.3 is 9.64 Å². The lowest BCUT2D eigenvalue weighted by molar-refractivity contribution is -0.116. The summed E-state index contributed by atoms with van der Waals surface area (Å²) < 4.78 is 32.3. The number of carbonyl (C=O) groups excluding carboxylic acids is 1. The van der Waals surface area contributed by atoms with Crippen LogP contribution in [0.4, 0.5) is 5.69 Å². The van der Waals surface area contributed by atoms with Gasteiger partial charge in [0.1, 0.15) is 12.4 Å². The number of amides is 1. The van der Waals surface area contributed by atoms with Gasteiger partial charge in [0, 0.05) is 13.0 Å². The third-order valence-electron chi connectivity index (χ3n) is 2.87. The zero-order valence-electron chi connectivity index (χ0n) is 11.7. The van der Waals surface area contributed by atoms with Crippen LogP contribution < -0.4 is 14.4 Å². The molecule has 2 rings (SSSR count). The van der Waals surface area contributed by atoms with Crippen molar-refractivity contribution in [2.24, 2.45) is 0 Å². The maximum absolute atomic E-state index is 12.1. The quantitative estimate of drug-likeness (QED) is 0.907. The Kier molecular flexibility index (Phi) is 4.01. The normalized spacial score (nSPS) is 14.9. The van der Waals surface area contributed by atoms with Crippen molar-refractivity contribution in [3.05, 3.63) is 18.2 Å². The Hall–Kier alpha value is -1.60. The SMILES string of the molecule is CC(=O)N1CCOc2ccc(S(=O)(=O)NC(C)C)cc21. The highest BCUT2D eigenvalue weighted by Crippen LogP contribution is 2.33. The van der Waals surface area contributed by atoms with E-state index in [0.29, 0.717) is 24.6 Å². The van der Waals surface area contributed by atoms with Gasteiger partial charge >= 0.3 is 0 Å². The fourth-order valence-corrected chi connectivity index (χ4v) is 3.34. The fraction of sp³-hybridized carbons (Fsp3) is 0.462. The average molecular weight is 298 g/mol. The van der Waals surface area contributed by atoms with Gasteiger partial charge in [-0.1, -0.05) is 0 Å². The average Bonchev–Trinajstić information content (AvgIpc) is 2.35. The van der Waals surface area contributed by atoms with Crippen LogP contribution in [0.2, 0.25) is 0 Å². The van der Waals surface area contributed by atoms with E-state index in [1.54, 1.807) is 19.9 Å². The molecule has 1 heterocycles.